The zero-order valence-corrected chi connectivity index (χ0v) is 11.2. The zero-order chi connectivity index (χ0) is 14.1. The van der Waals surface area contributed by atoms with Gasteiger partial charge < -0.3 is 9.63 Å². The molecule has 1 saturated carbocycles. The Kier molecular flexibility index (Phi) is 3.43. The maximum atomic E-state index is 13.3. The molecule has 1 N–H and O–H groups in total. The lowest BCUT2D eigenvalue weighted by Gasteiger charge is -2.01. The fourth-order valence-electron chi connectivity index (χ4n) is 1.74. The first kappa shape index (κ1) is 13.1. The Hall–Kier alpha value is -1.89. The molecule has 104 valence electrons. The molecule has 0 unspecified atom stereocenters. The summed E-state index contributed by atoms with van der Waals surface area (Å²) in [5, 5.41) is 12.8. The number of nitrogens with zero attached hydrogens (tertiary/aromatic N) is 2. The minimum absolute atomic E-state index is 0.334. The van der Waals surface area contributed by atoms with Crippen LogP contribution in [0.15, 0.2) is 27.6 Å². The van der Waals surface area contributed by atoms with Crippen LogP contribution < -0.4 is 0 Å². The van der Waals surface area contributed by atoms with Crippen LogP contribution >= 0.6 is 11.8 Å². The summed E-state index contributed by atoms with van der Waals surface area (Å²) in [5.41, 5.74) is -0.334. The Labute approximate surface area is 118 Å². The largest absolute Gasteiger partial charge is 0.478 e. The van der Waals surface area contributed by atoms with Gasteiger partial charge in [-0.2, -0.15) is 4.98 Å². The van der Waals surface area contributed by atoms with Crippen molar-refractivity contribution in [1.29, 1.82) is 0 Å². The van der Waals surface area contributed by atoms with Crippen molar-refractivity contribution in [3.05, 3.63) is 41.3 Å². The lowest BCUT2D eigenvalue weighted by Crippen LogP contribution is -2.00. The minimum atomic E-state index is -1.28. The molecule has 0 radical (unpaired) electrons. The molecule has 5 nitrogen and oxygen atoms in total. The molecule has 20 heavy (non-hydrogen) atoms. The van der Waals surface area contributed by atoms with E-state index in [1.165, 1.54) is 23.9 Å². The van der Waals surface area contributed by atoms with E-state index in [1.54, 1.807) is 0 Å². The number of carbonyl (C=O) groups is 1. The van der Waals surface area contributed by atoms with E-state index in [9.17, 15) is 9.18 Å². The maximum absolute atomic E-state index is 13.3. The Bertz CT molecular complexity index is 655. The van der Waals surface area contributed by atoms with Gasteiger partial charge in [-0.25, -0.2) is 9.18 Å². The van der Waals surface area contributed by atoms with Crippen LogP contribution in [0.1, 0.15) is 40.8 Å². The van der Waals surface area contributed by atoms with Gasteiger partial charge in [-0.15, -0.1) is 11.8 Å². The second kappa shape index (κ2) is 5.24. The third-order valence-electron chi connectivity index (χ3n) is 2.96. The molecule has 1 aliphatic rings. The summed E-state index contributed by atoms with van der Waals surface area (Å²) < 4.78 is 18.4. The molecular weight excluding hydrogens is 283 g/mol. The van der Waals surface area contributed by atoms with Crippen LogP contribution in [0.3, 0.4) is 0 Å². The highest BCUT2D eigenvalue weighted by Crippen LogP contribution is 2.38. The van der Waals surface area contributed by atoms with Crippen molar-refractivity contribution in [1.82, 2.24) is 10.1 Å². The van der Waals surface area contributed by atoms with Gasteiger partial charge in [0.25, 0.3) is 0 Å². The summed E-state index contributed by atoms with van der Waals surface area (Å²) in [5.74, 6) is 0.0881. The van der Waals surface area contributed by atoms with Crippen molar-refractivity contribution in [3.63, 3.8) is 0 Å². The normalized spacial score (nSPS) is 14.4. The summed E-state index contributed by atoms with van der Waals surface area (Å²) in [6.07, 6.45) is 2.21. The van der Waals surface area contributed by atoms with Gasteiger partial charge in [-0.05, 0) is 31.0 Å². The van der Waals surface area contributed by atoms with Crippen molar-refractivity contribution in [3.8, 4) is 0 Å². The summed E-state index contributed by atoms with van der Waals surface area (Å²) in [6.45, 7) is 0. The van der Waals surface area contributed by atoms with Crippen LogP contribution in [-0.2, 0) is 5.75 Å². The van der Waals surface area contributed by atoms with E-state index >= 15 is 0 Å². The third-order valence-corrected chi connectivity index (χ3v) is 3.94. The smallest absolute Gasteiger partial charge is 0.338 e. The van der Waals surface area contributed by atoms with Crippen LogP contribution in [-0.4, -0.2) is 21.2 Å². The highest BCUT2D eigenvalue weighted by atomic mass is 32.2. The van der Waals surface area contributed by atoms with E-state index in [1.807, 2.05) is 0 Å². The van der Waals surface area contributed by atoms with Gasteiger partial charge in [0.2, 0.25) is 5.89 Å². The number of carboxylic acid groups (broad SMARTS) is 1. The quantitative estimate of drug-likeness (QED) is 0.854. The predicted molar refractivity (Wildman–Crippen MR) is 69.2 cm³/mol. The number of halogens is 1. The second-order valence-electron chi connectivity index (χ2n) is 4.56. The predicted octanol–water partition coefficient (Wildman–Crippen LogP) is 3.08. The van der Waals surface area contributed by atoms with E-state index in [-0.39, 0.29) is 5.56 Å². The van der Waals surface area contributed by atoms with Gasteiger partial charge in [0.15, 0.2) is 5.82 Å². The van der Waals surface area contributed by atoms with Crippen LogP contribution in [0.5, 0.6) is 0 Å². The van der Waals surface area contributed by atoms with E-state index in [0.29, 0.717) is 22.5 Å². The lowest BCUT2D eigenvalue weighted by molar-refractivity contribution is 0.0691. The molecule has 0 aliphatic heterocycles. The summed E-state index contributed by atoms with van der Waals surface area (Å²) >= 11 is 1.33. The van der Waals surface area contributed by atoms with Crippen molar-refractivity contribution in [2.75, 3.05) is 0 Å². The standard InChI is InChI=1S/C13H11FN2O3S/c14-10-4-3-8(5-9(10)13(17)18)20-6-11-15-12(16-19-11)7-1-2-7/h3-5,7H,1-2,6H2,(H,17,18). The Morgan fingerprint density at radius 3 is 3.00 bits per heavy atom. The number of aromatic nitrogens is 2. The molecule has 0 amide bonds. The topological polar surface area (TPSA) is 76.2 Å². The van der Waals surface area contributed by atoms with Crippen molar-refractivity contribution >= 4 is 17.7 Å². The molecule has 1 aromatic carbocycles. The average molecular weight is 294 g/mol. The van der Waals surface area contributed by atoms with E-state index in [0.717, 1.165) is 24.7 Å². The summed E-state index contributed by atoms with van der Waals surface area (Å²) in [6, 6.07) is 3.99. The van der Waals surface area contributed by atoms with Crippen LogP contribution in [0.2, 0.25) is 0 Å². The molecule has 3 rings (SSSR count). The van der Waals surface area contributed by atoms with Gasteiger partial charge in [-0.1, -0.05) is 5.16 Å². The van der Waals surface area contributed by atoms with E-state index in [4.69, 9.17) is 9.63 Å². The lowest BCUT2D eigenvalue weighted by atomic mass is 10.2. The number of thioether (sulfide) groups is 1. The number of hydrogen-bond acceptors (Lipinski definition) is 5. The van der Waals surface area contributed by atoms with E-state index in [2.05, 4.69) is 10.1 Å². The van der Waals surface area contributed by atoms with Gasteiger partial charge in [0.1, 0.15) is 5.82 Å². The van der Waals surface area contributed by atoms with Gasteiger partial charge >= 0.3 is 5.97 Å². The molecule has 0 bridgehead atoms. The monoisotopic (exact) mass is 294 g/mol. The summed E-state index contributed by atoms with van der Waals surface area (Å²) in [7, 11) is 0. The first-order valence-corrected chi connectivity index (χ1v) is 7.10. The summed E-state index contributed by atoms with van der Waals surface area (Å²) in [4.78, 5) is 15.8. The number of hydrogen-bond donors (Lipinski definition) is 1. The molecule has 0 atom stereocenters. The minimum Gasteiger partial charge on any atom is -0.478 e. The first-order chi connectivity index (χ1) is 9.63. The Morgan fingerprint density at radius 2 is 2.30 bits per heavy atom. The molecular formula is C13H11FN2O3S. The SMILES string of the molecule is O=C(O)c1cc(SCc2nc(C3CC3)no2)ccc1F. The number of aromatic carboxylic acids is 1. The highest BCUT2D eigenvalue weighted by Gasteiger charge is 2.28. The second-order valence-corrected chi connectivity index (χ2v) is 5.60. The number of benzene rings is 1. The highest BCUT2D eigenvalue weighted by molar-refractivity contribution is 7.98. The molecule has 1 aromatic heterocycles. The molecule has 0 saturated heterocycles. The molecule has 0 spiro atoms. The maximum Gasteiger partial charge on any atom is 0.338 e. The average Bonchev–Trinajstić information content (AvgIpc) is 3.17. The number of carboxylic acids is 1. The van der Waals surface area contributed by atoms with E-state index < -0.39 is 11.8 Å². The fraction of sp³-hybridized carbons (Fsp3) is 0.308. The van der Waals surface area contributed by atoms with Crippen LogP contribution in [0.25, 0.3) is 0 Å². The van der Waals surface area contributed by atoms with Crippen LogP contribution in [0.4, 0.5) is 4.39 Å². The van der Waals surface area contributed by atoms with Crippen LogP contribution in [0, 0.1) is 5.82 Å². The van der Waals surface area contributed by atoms with Crippen molar-refractivity contribution in [2.24, 2.45) is 0 Å². The molecule has 2 aromatic rings. The van der Waals surface area contributed by atoms with Crippen molar-refractivity contribution in [2.45, 2.75) is 29.4 Å². The molecule has 1 heterocycles. The fourth-order valence-corrected chi connectivity index (χ4v) is 2.51. The first-order valence-electron chi connectivity index (χ1n) is 6.11. The zero-order valence-electron chi connectivity index (χ0n) is 10.4. The Morgan fingerprint density at radius 1 is 1.50 bits per heavy atom. The Balaban J connectivity index is 1.67. The molecule has 7 heteroatoms. The van der Waals surface area contributed by atoms with Gasteiger partial charge in [-0.3, -0.25) is 0 Å². The molecule has 1 aliphatic carbocycles. The molecule has 1 fully saturated rings. The third kappa shape index (κ3) is 2.82. The van der Waals surface area contributed by atoms with Gasteiger partial charge in [0.05, 0.1) is 11.3 Å². The van der Waals surface area contributed by atoms with Crippen molar-refractivity contribution < 1.29 is 18.8 Å². The number of rotatable bonds is 5. The van der Waals surface area contributed by atoms with Gasteiger partial charge in [0, 0.05) is 10.8 Å².